The molecule has 0 aliphatic heterocycles. The molecule has 0 saturated heterocycles. The van der Waals surface area contributed by atoms with E-state index in [1.807, 2.05) is 27.7 Å². The Morgan fingerprint density at radius 1 is 0.963 bits per heavy atom. The molecule has 0 rings (SSSR count). The highest BCUT2D eigenvalue weighted by molar-refractivity contribution is 5.79. The average Bonchev–Trinajstić information content (AvgIpc) is 2.59. The highest BCUT2D eigenvalue weighted by Gasteiger charge is 2.22. The third kappa shape index (κ3) is 17.5. The summed E-state index contributed by atoms with van der Waals surface area (Å²) in [6.45, 7) is 14.3. The Kier molecular flexibility index (Phi) is 15.8. The van der Waals surface area contributed by atoms with E-state index in [0.717, 1.165) is 6.42 Å². The molecule has 0 radical (unpaired) electrons. The number of terminal acetylenes is 1. The lowest BCUT2D eigenvalue weighted by molar-refractivity contribution is -0.131. The predicted octanol–water partition coefficient (Wildman–Crippen LogP) is 1.31. The average molecular weight is 386 g/mol. The van der Waals surface area contributed by atoms with Crippen LogP contribution in [0.15, 0.2) is 0 Å². The molecule has 0 bridgehead atoms. The Bertz CT molecular complexity index is 457. The zero-order valence-corrected chi connectivity index (χ0v) is 17.9. The van der Waals surface area contributed by atoms with Gasteiger partial charge in [0.1, 0.15) is 13.2 Å². The molecule has 0 aliphatic carbocycles. The van der Waals surface area contributed by atoms with E-state index in [0.29, 0.717) is 26.3 Å². The molecule has 0 saturated carbocycles. The number of ether oxygens (including phenoxy) is 2. The van der Waals surface area contributed by atoms with Crippen molar-refractivity contribution < 1.29 is 19.1 Å². The Labute approximate surface area is 165 Å². The number of carbonyl (C=O) groups is 2. The molecule has 158 valence electrons. The fraction of sp³-hybridized carbons (Fsp3) is 0.800. The van der Waals surface area contributed by atoms with Crippen LogP contribution in [-0.2, 0) is 19.1 Å². The van der Waals surface area contributed by atoms with Crippen LogP contribution in [0.4, 0.5) is 0 Å². The largest absolute Gasteiger partial charge is 0.380 e. The molecule has 0 heterocycles. The summed E-state index contributed by atoms with van der Waals surface area (Å²) < 4.78 is 10.8. The van der Waals surface area contributed by atoms with Gasteiger partial charge >= 0.3 is 0 Å². The van der Waals surface area contributed by atoms with Gasteiger partial charge in [-0.3, -0.25) is 9.59 Å². The van der Waals surface area contributed by atoms with Gasteiger partial charge in [-0.25, -0.2) is 0 Å². The van der Waals surface area contributed by atoms with E-state index >= 15 is 0 Å². The van der Waals surface area contributed by atoms with Gasteiger partial charge in [-0.2, -0.15) is 0 Å². The van der Waals surface area contributed by atoms with Crippen LogP contribution >= 0.6 is 0 Å². The number of nitrogens with one attached hydrogen (secondary N) is 2. The molecule has 7 heteroatoms. The fourth-order valence-corrected chi connectivity index (χ4v) is 1.94. The summed E-state index contributed by atoms with van der Waals surface area (Å²) in [5.74, 6) is 1.66. The topological polar surface area (TPSA) is 103 Å². The van der Waals surface area contributed by atoms with Crippen LogP contribution in [0.25, 0.3) is 0 Å². The van der Waals surface area contributed by atoms with Crippen LogP contribution in [0.1, 0.15) is 48.0 Å². The van der Waals surface area contributed by atoms with Gasteiger partial charge in [-0.1, -0.05) is 47.5 Å². The summed E-state index contributed by atoms with van der Waals surface area (Å²) in [6, 6.07) is 0. The molecule has 0 fully saturated rings. The highest BCUT2D eigenvalue weighted by atomic mass is 16.5. The van der Waals surface area contributed by atoms with E-state index in [1.54, 1.807) is 0 Å². The van der Waals surface area contributed by atoms with Crippen LogP contribution in [0.2, 0.25) is 0 Å². The lowest BCUT2D eigenvalue weighted by Gasteiger charge is -2.29. The van der Waals surface area contributed by atoms with Crippen molar-refractivity contribution in [1.82, 2.24) is 10.6 Å². The zero-order chi connectivity index (χ0) is 21.3. The number of hydrogen-bond acceptors (Lipinski definition) is 5. The minimum Gasteiger partial charge on any atom is -0.380 e. The summed E-state index contributed by atoms with van der Waals surface area (Å²) in [5, 5.41) is 5.24. The van der Waals surface area contributed by atoms with Gasteiger partial charge < -0.3 is 25.8 Å². The second kappa shape index (κ2) is 15.4. The maximum atomic E-state index is 11.7. The van der Waals surface area contributed by atoms with E-state index in [9.17, 15) is 9.59 Å². The Hall–Kier alpha value is -1.62. The predicted molar refractivity (Wildman–Crippen MR) is 109 cm³/mol. The SMILES string of the molecule is C#CCNC(=O)COCC(=O)NCC(C)(C)COCC(C)(C)CCN.CC. The van der Waals surface area contributed by atoms with Crippen molar-refractivity contribution in [3.8, 4) is 12.3 Å². The lowest BCUT2D eigenvalue weighted by atomic mass is 9.90. The first kappa shape index (κ1) is 27.6. The fourth-order valence-electron chi connectivity index (χ4n) is 1.94. The molecule has 0 unspecified atom stereocenters. The molecule has 2 amide bonds. The van der Waals surface area contributed by atoms with E-state index < -0.39 is 0 Å². The molecule has 0 aromatic carbocycles. The first-order chi connectivity index (χ1) is 12.6. The van der Waals surface area contributed by atoms with Crippen molar-refractivity contribution in [2.75, 3.05) is 46.1 Å². The van der Waals surface area contributed by atoms with Crippen LogP contribution < -0.4 is 16.4 Å². The summed E-state index contributed by atoms with van der Waals surface area (Å²) in [6.07, 6.45) is 5.92. The van der Waals surface area contributed by atoms with Gasteiger partial charge in [-0.05, 0) is 18.4 Å². The minimum atomic E-state index is -0.348. The maximum absolute atomic E-state index is 11.7. The third-order valence-corrected chi connectivity index (χ3v) is 3.42. The van der Waals surface area contributed by atoms with Crippen LogP contribution in [-0.4, -0.2) is 57.9 Å². The number of rotatable bonds is 13. The van der Waals surface area contributed by atoms with Crippen molar-refractivity contribution >= 4 is 11.8 Å². The van der Waals surface area contributed by atoms with Gasteiger partial charge in [0, 0.05) is 12.0 Å². The molecule has 0 atom stereocenters. The smallest absolute Gasteiger partial charge is 0.246 e. The van der Waals surface area contributed by atoms with Crippen LogP contribution in [0.5, 0.6) is 0 Å². The first-order valence-corrected chi connectivity index (χ1v) is 9.44. The van der Waals surface area contributed by atoms with Crippen molar-refractivity contribution in [2.24, 2.45) is 16.6 Å². The van der Waals surface area contributed by atoms with Gasteiger partial charge in [0.05, 0.1) is 19.8 Å². The van der Waals surface area contributed by atoms with E-state index in [1.165, 1.54) is 0 Å². The second-order valence-electron chi connectivity index (χ2n) is 7.61. The summed E-state index contributed by atoms with van der Waals surface area (Å²) >= 11 is 0. The minimum absolute atomic E-state index is 0.0436. The standard InChI is InChI=1S/C18H33N3O4.C2H6/c1-6-9-20-15(22)10-24-11-16(23)21-12-18(4,5)14-25-13-17(2,3)7-8-19;1-2/h1H,7-14,19H2,2-5H3,(H,20,22)(H,21,23);1-2H3. The Balaban J connectivity index is 0. The summed E-state index contributed by atoms with van der Waals surface area (Å²) in [4.78, 5) is 23.0. The molecular weight excluding hydrogens is 346 g/mol. The summed E-state index contributed by atoms with van der Waals surface area (Å²) in [7, 11) is 0. The molecular formula is C20H39N3O4. The maximum Gasteiger partial charge on any atom is 0.246 e. The van der Waals surface area contributed by atoms with Crippen LogP contribution in [0, 0.1) is 23.2 Å². The van der Waals surface area contributed by atoms with Crippen molar-refractivity contribution in [1.29, 1.82) is 0 Å². The molecule has 0 aliphatic rings. The van der Waals surface area contributed by atoms with Gasteiger partial charge in [-0.15, -0.1) is 6.42 Å². The van der Waals surface area contributed by atoms with E-state index in [4.69, 9.17) is 21.6 Å². The van der Waals surface area contributed by atoms with Crippen molar-refractivity contribution in [3.63, 3.8) is 0 Å². The second-order valence-corrected chi connectivity index (χ2v) is 7.61. The molecule has 27 heavy (non-hydrogen) atoms. The van der Waals surface area contributed by atoms with Crippen molar-refractivity contribution in [2.45, 2.75) is 48.0 Å². The normalized spacial score (nSPS) is 11.0. The Morgan fingerprint density at radius 2 is 1.48 bits per heavy atom. The molecule has 7 nitrogen and oxygen atoms in total. The zero-order valence-electron chi connectivity index (χ0n) is 17.9. The molecule has 4 N–H and O–H groups in total. The number of carbonyl (C=O) groups excluding carboxylic acids is 2. The number of nitrogens with two attached hydrogens (primary N) is 1. The first-order valence-electron chi connectivity index (χ1n) is 9.44. The van der Waals surface area contributed by atoms with Crippen LogP contribution in [0.3, 0.4) is 0 Å². The third-order valence-electron chi connectivity index (χ3n) is 3.42. The molecule has 0 spiro atoms. The molecule has 0 aromatic rings. The monoisotopic (exact) mass is 385 g/mol. The number of amides is 2. The van der Waals surface area contributed by atoms with Gasteiger partial charge in [0.2, 0.25) is 11.8 Å². The Morgan fingerprint density at radius 3 is 2.00 bits per heavy atom. The van der Waals surface area contributed by atoms with Gasteiger partial charge in [0.15, 0.2) is 0 Å². The molecule has 0 aromatic heterocycles. The van der Waals surface area contributed by atoms with Crippen molar-refractivity contribution in [3.05, 3.63) is 0 Å². The summed E-state index contributed by atoms with van der Waals surface area (Å²) in [5.41, 5.74) is 5.42. The quantitative estimate of drug-likeness (QED) is 0.415. The van der Waals surface area contributed by atoms with E-state index in [-0.39, 0.29) is 42.4 Å². The van der Waals surface area contributed by atoms with E-state index in [2.05, 4.69) is 30.4 Å². The number of hydrogen-bond donors (Lipinski definition) is 3. The van der Waals surface area contributed by atoms with Gasteiger partial charge in [0.25, 0.3) is 0 Å². The highest BCUT2D eigenvalue weighted by Crippen LogP contribution is 2.22. The lowest BCUT2D eigenvalue weighted by Crippen LogP contribution is -2.39.